The number of aromatic nitrogens is 2. The third kappa shape index (κ3) is 1.54. The molecule has 0 atom stereocenters. The van der Waals surface area contributed by atoms with Crippen molar-refractivity contribution >= 4 is 12.6 Å². The second-order valence-corrected chi connectivity index (χ2v) is 3.37. The molecule has 0 aliphatic heterocycles. The number of rotatable bonds is 3. The van der Waals surface area contributed by atoms with Crippen molar-refractivity contribution in [2.24, 2.45) is 7.05 Å². The van der Waals surface area contributed by atoms with Crippen molar-refractivity contribution in [3.8, 4) is 11.4 Å². The Morgan fingerprint density at radius 1 is 1.12 bits per heavy atom. The summed E-state index contributed by atoms with van der Waals surface area (Å²) in [5.41, 5.74) is 1.35. The molecule has 0 saturated carbocycles. The maximum absolute atomic E-state index is 10.8. The molecule has 2 rings (SSSR count). The molecule has 0 bridgehead atoms. The van der Waals surface area contributed by atoms with E-state index in [1.54, 1.807) is 11.6 Å². The number of benzene rings is 1. The van der Waals surface area contributed by atoms with Crippen LogP contribution in [0.1, 0.15) is 21.0 Å². The summed E-state index contributed by atoms with van der Waals surface area (Å²) in [7, 11) is 1.71. The number of aldehydes is 2. The highest BCUT2D eigenvalue weighted by atomic mass is 16.1. The van der Waals surface area contributed by atoms with Gasteiger partial charge in [-0.3, -0.25) is 9.59 Å². The van der Waals surface area contributed by atoms with Crippen LogP contribution in [0.4, 0.5) is 0 Å². The summed E-state index contributed by atoms with van der Waals surface area (Å²) in [6.45, 7) is 0. The molecule has 0 radical (unpaired) electrons. The highest BCUT2D eigenvalue weighted by Crippen LogP contribution is 2.19. The Labute approximate surface area is 92.5 Å². The highest BCUT2D eigenvalue weighted by molar-refractivity contribution is 5.88. The van der Waals surface area contributed by atoms with Gasteiger partial charge in [-0.25, -0.2) is 4.98 Å². The zero-order valence-electron chi connectivity index (χ0n) is 8.75. The van der Waals surface area contributed by atoms with E-state index >= 15 is 0 Å². The van der Waals surface area contributed by atoms with Crippen LogP contribution in [0.2, 0.25) is 0 Å². The average molecular weight is 214 g/mol. The largest absolute Gasteiger partial charge is 0.324 e. The number of carbonyl (C=O) groups is 2. The van der Waals surface area contributed by atoms with Crippen LogP contribution in [0.5, 0.6) is 0 Å². The van der Waals surface area contributed by atoms with Gasteiger partial charge in [-0.2, -0.15) is 0 Å². The van der Waals surface area contributed by atoms with Crippen molar-refractivity contribution < 1.29 is 9.59 Å². The second kappa shape index (κ2) is 4.10. The molecule has 80 valence electrons. The van der Waals surface area contributed by atoms with Crippen LogP contribution in [-0.4, -0.2) is 22.1 Å². The first kappa shape index (κ1) is 10.3. The molecule has 0 aliphatic rings. The standard InChI is InChI=1S/C12H10N2O2/c1-14-11(8-16)10(7-15)13-12(14)9-5-3-2-4-6-9/h2-8H,1H3. The molecule has 16 heavy (non-hydrogen) atoms. The molecule has 0 spiro atoms. The first-order valence-electron chi connectivity index (χ1n) is 4.80. The molecule has 0 saturated heterocycles. The van der Waals surface area contributed by atoms with Gasteiger partial charge in [0.15, 0.2) is 12.6 Å². The first-order valence-corrected chi connectivity index (χ1v) is 4.80. The van der Waals surface area contributed by atoms with E-state index in [9.17, 15) is 9.59 Å². The number of nitrogens with zero attached hydrogens (tertiary/aromatic N) is 2. The number of hydrogen-bond donors (Lipinski definition) is 0. The zero-order chi connectivity index (χ0) is 11.5. The summed E-state index contributed by atoms with van der Waals surface area (Å²) in [6, 6.07) is 9.42. The van der Waals surface area contributed by atoms with E-state index < -0.39 is 0 Å². The zero-order valence-corrected chi connectivity index (χ0v) is 8.75. The smallest absolute Gasteiger partial charge is 0.170 e. The number of hydrogen-bond acceptors (Lipinski definition) is 3. The van der Waals surface area contributed by atoms with Gasteiger partial charge in [-0.05, 0) is 0 Å². The van der Waals surface area contributed by atoms with Crippen molar-refractivity contribution in [1.82, 2.24) is 9.55 Å². The maximum Gasteiger partial charge on any atom is 0.170 e. The van der Waals surface area contributed by atoms with Gasteiger partial charge < -0.3 is 4.57 Å². The molecule has 1 heterocycles. The van der Waals surface area contributed by atoms with Crippen molar-refractivity contribution in [2.75, 3.05) is 0 Å². The Hall–Kier alpha value is -2.23. The molecule has 0 N–H and O–H groups in total. The van der Waals surface area contributed by atoms with Gasteiger partial charge in [0.1, 0.15) is 17.2 Å². The summed E-state index contributed by atoms with van der Waals surface area (Å²) < 4.78 is 1.62. The molecule has 4 nitrogen and oxygen atoms in total. The summed E-state index contributed by atoms with van der Waals surface area (Å²) >= 11 is 0. The third-order valence-corrected chi connectivity index (χ3v) is 2.42. The van der Waals surface area contributed by atoms with E-state index in [2.05, 4.69) is 4.98 Å². The number of imidazole rings is 1. The van der Waals surface area contributed by atoms with Gasteiger partial charge in [0.05, 0.1) is 0 Å². The summed E-state index contributed by atoms with van der Waals surface area (Å²) in [5, 5.41) is 0. The van der Waals surface area contributed by atoms with Gasteiger partial charge in [-0.15, -0.1) is 0 Å². The van der Waals surface area contributed by atoms with Crippen LogP contribution in [0.25, 0.3) is 11.4 Å². The Kier molecular flexibility index (Phi) is 2.64. The Morgan fingerprint density at radius 3 is 2.31 bits per heavy atom. The molecular formula is C12H10N2O2. The first-order chi connectivity index (χ1) is 7.77. The van der Waals surface area contributed by atoms with Crippen LogP contribution in [0.3, 0.4) is 0 Å². The normalized spacial score (nSPS) is 10.1. The minimum Gasteiger partial charge on any atom is -0.324 e. The average Bonchev–Trinajstić information content (AvgIpc) is 2.66. The van der Waals surface area contributed by atoms with Crippen LogP contribution in [-0.2, 0) is 7.05 Å². The molecule has 0 fully saturated rings. The van der Waals surface area contributed by atoms with Crippen LogP contribution < -0.4 is 0 Å². The van der Waals surface area contributed by atoms with E-state index in [4.69, 9.17) is 0 Å². The maximum atomic E-state index is 10.8. The SMILES string of the molecule is Cn1c(-c2ccccc2)nc(C=O)c1C=O. The second-order valence-electron chi connectivity index (χ2n) is 3.37. The fraction of sp³-hybridized carbons (Fsp3) is 0.0833. The molecular weight excluding hydrogens is 204 g/mol. The van der Waals surface area contributed by atoms with Gasteiger partial charge >= 0.3 is 0 Å². The quantitative estimate of drug-likeness (QED) is 0.731. The Balaban J connectivity index is 2.63. The lowest BCUT2D eigenvalue weighted by atomic mass is 10.2. The van der Waals surface area contributed by atoms with Crippen molar-refractivity contribution in [3.05, 3.63) is 41.7 Å². The molecule has 0 unspecified atom stereocenters. The van der Waals surface area contributed by atoms with Crippen LogP contribution in [0, 0.1) is 0 Å². The molecule has 0 aliphatic carbocycles. The van der Waals surface area contributed by atoms with Crippen molar-refractivity contribution in [3.63, 3.8) is 0 Å². The van der Waals surface area contributed by atoms with Gasteiger partial charge in [0.25, 0.3) is 0 Å². The van der Waals surface area contributed by atoms with E-state index in [0.29, 0.717) is 24.1 Å². The van der Waals surface area contributed by atoms with Crippen LogP contribution in [0.15, 0.2) is 30.3 Å². The van der Waals surface area contributed by atoms with E-state index in [-0.39, 0.29) is 5.69 Å². The summed E-state index contributed by atoms with van der Waals surface area (Å²) in [6.07, 6.45) is 1.24. The monoisotopic (exact) mass is 214 g/mol. The van der Waals surface area contributed by atoms with E-state index in [1.165, 1.54) is 0 Å². The molecule has 1 aromatic heterocycles. The highest BCUT2D eigenvalue weighted by Gasteiger charge is 2.14. The third-order valence-electron chi connectivity index (χ3n) is 2.42. The lowest BCUT2D eigenvalue weighted by molar-refractivity contribution is 0.108. The number of carbonyl (C=O) groups excluding carboxylic acids is 2. The summed E-state index contributed by atoms with van der Waals surface area (Å²) in [5.74, 6) is 0.616. The van der Waals surface area contributed by atoms with E-state index in [1.807, 2.05) is 30.3 Å². The molecule has 2 aromatic rings. The van der Waals surface area contributed by atoms with Gasteiger partial charge in [-0.1, -0.05) is 30.3 Å². The van der Waals surface area contributed by atoms with Gasteiger partial charge in [0, 0.05) is 12.6 Å². The van der Waals surface area contributed by atoms with Gasteiger partial charge in [0.2, 0.25) is 0 Å². The lowest BCUT2D eigenvalue weighted by Crippen LogP contribution is -1.98. The minimum absolute atomic E-state index is 0.177. The van der Waals surface area contributed by atoms with Crippen molar-refractivity contribution in [2.45, 2.75) is 0 Å². The molecule has 4 heteroatoms. The lowest BCUT2D eigenvalue weighted by Gasteiger charge is -2.01. The van der Waals surface area contributed by atoms with Crippen molar-refractivity contribution in [1.29, 1.82) is 0 Å². The predicted molar refractivity (Wildman–Crippen MR) is 59.4 cm³/mol. The molecule has 1 aromatic carbocycles. The topological polar surface area (TPSA) is 52.0 Å². The Morgan fingerprint density at radius 2 is 1.81 bits per heavy atom. The predicted octanol–water partition coefficient (Wildman–Crippen LogP) is 1.71. The van der Waals surface area contributed by atoms with Crippen LogP contribution >= 0.6 is 0 Å². The van der Waals surface area contributed by atoms with E-state index in [0.717, 1.165) is 5.56 Å². The summed E-state index contributed by atoms with van der Waals surface area (Å²) in [4.78, 5) is 25.7. The molecule has 0 amide bonds. The Bertz CT molecular complexity index is 529. The fourth-order valence-corrected chi connectivity index (χ4v) is 1.60. The minimum atomic E-state index is 0.177. The fourth-order valence-electron chi connectivity index (χ4n) is 1.60.